The molecule has 1 amide bonds. The average molecular weight is 338 g/mol. The number of furan rings is 1. The molecule has 2 heterocycles. The first-order chi connectivity index (χ1) is 9.77. The maximum absolute atomic E-state index is 11.7. The third-order valence-corrected chi connectivity index (χ3v) is 3.32. The van der Waals surface area contributed by atoms with E-state index in [2.05, 4.69) is 31.5 Å². The van der Waals surface area contributed by atoms with E-state index in [0.717, 1.165) is 25.1 Å². The Labute approximate surface area is 125 Å². The van der Waals surface area contributed by atoms with Crippen molar-refractivity contribution in [3.8, 4) is 0 Å². The molecule has 6 heteroatoms. The second kappa shape index (κ2) is 7.81. The van der Waals surface area contributed by atoms with Crippen molar-refractivity contribution in [1.29, 1.82) is 0 Å². The monoisotopic (exact) mass is 337 g/mol. The number of hydrogen-bond donors (Lipinski definition) is 2. The molecule has 2 N–H and O–H groups in total. The van der Waals surface area contributed by atoms with Crippen molar-refractivity contribution in [2.45, 2.75) is 13.0 Å². The zero-order valence-corrected chi connectivity index (χ0v) is 12.5. The molecular formula is C14H16BrN3O2. The Morgan fingerprint density at radius 2 is 2.25 bits per heavy atom. The van der Waals surface area contributed by atoms with E-state index in [-0.39, 0.29) is 5.91 Å². The summed E-state index contributed by atoms with van der Waals surface area (Å²) in [5.41, 5.74) is 1.15. The van der Waals surface area contributed by atoms with E-state index in [9.17, 15) is 4.79 Å². The highest BCUT2D eigenvalue weighted by molar-refractivity contribution is 9.10. The second-order valence-electron chi connectivity index (χ2n) is 4.25. The summed E-state index contributed by atoms with van der Waals surface area (Å²) in [6.45, 7) is 2.21. The summed E-state index contributed by atoms with van der Waals surface area (Å²) >= 11 is 3.25. The van der Waals surface area contributed by atoms with E-state index in [1.807, 2.05) is 18.3 Å². The SMILES string of the molecule is O=C(NCCCNCc1cccnc1)c1occc1Br. The van der Waals surface area contributed by atoms with Crippen molar-refractivity contribution < 1.29 is 9.21 Å². The Bertz CT molecular complexity index is 542. The number of halogens is 1. The number of pyridine rings is 1. The number of nitrogens with zero attached hydrogens (tertiary/aromatic N) is 1. The quantitative estimate of drug-likeness (QED) is 0.761. The fourth-order valence-electron chi connectivity index (χ4n) is 1.69. The van der Waals surface area contributed by atoms with Gasteiger partial charge < -0.3 is 15.1 Å². The molecule has 0 bridgehead atoms. The molecule has 0 fully saturated rings. The van der Waals surface area contributed by atoms with Gasteiger partial charge in [0, 0.05) is 25.5 Å². The van der Waals surface area contributed by atoms with Crippen LogP contribution in [0.15, 0.2) is 45.7 Å². The van der Waals surface area contributed by atoms with Crippen LogP contribution in [0.3, 0.4) is 0 Å². The van der Waals surface area contributed by atoms with Crippen LogP contribution in [0.4, 0.5) is 0 Å². The van der Waals surface area contributed by atoms with Gasteiger partial charge in [0.05, 0.1) is 10.7 Å². The van der Waals surface area contributed by atoms with Crippen LogP contribution in [0, 0.1) is 0 Å². The fourth-order valence-corrected chi connectivity index (χ4v) is 2.07. The lowest BCUT2D eigenvalue weighted by Crippen LogP contribution is -2.27. The van der Waals surface area contributed by atoms with Crippen LogP contribution in [0.25, 0.3) is 0 Å². The molecule has 0 aliphatic carbocycles. The Kier molecular flexibility index (Phi) is 5.76. The highest BCUT2D eigenvalue weighted by Crippen LogP contribution is 2.16. The Morgan fingerprint density at radius 3 is 2.95 bits per heavy atom. The average Bonchev–Trinajstić information content (AvgIpc) is 2.90. The molecule has 2 aromatic rings. The van der Waals surface area contributed by atoms with Gasteiger partial charge in [-0.1, -0.05) is 6.07 Å². The van der Waals surface area contributed by atoms with Crippen molar-refractivity contribution in [3.05, 3.63) is 52.7 Å². The van der Waals surface area contributed by atoms with Gasteiger partial charge in [-0.2, -0.15) is 0 Å². The Morgan fingerprint density at radius 1 is 1.35 bits per heavy atom. The maximum Gasteiger partial charge on any atom is 0.288 e. The topological polar surface area (TPSA) is 67.2 Å². The van der Waals surface area contributed by atoms with Crippen molar-refractivity contribution >= 4 is 21.8 Å². The Hall–Kier alpha value is -1.66. The summed E-state index contributed by atoms with van der Waals surface area (Å²) in [4.78, 5) is 15.8. The van der Waals surface area contributed by atoms with Gasteiger partial charge in [-0.25, -0.2) is 0 Å². The first kappa shape index (κ1) is 14.7. The van der Waals surface area contributed by atoms with Gasteiger partial charge in [-0.05, 0) is 46.6 Å². The van der Waals surface area contributed by atoms with E-state index in [4.69, 9.17) is 4.42 Å². The van der Waals surface area contributed by atoms with Gasteiger partial charge in [0.15, 0.2) is 0 Å². The van der Waals surface area contributed by atoms with Gasteiger partial charge in [-0.3, -0.25) is 9.78 Å². The fraction of sp³-hybridized carbons (Fsp3) is 0.286. The molecule has 0 aromatic carbocycles. The molecule has 0 atom stereocenters. The number of hydrogen-bond acceptors (Lipinski definition) is 4. The van der Waals surface area contributed by atoms with Crippen LogP contribution in [-0.4, -0.2) is 24.0 Å². The third-order valence-electron chi connectivity index (χ3n) is 2.69. The lowest BCUT2D eigenvalue weighted by molar-refractivity contribution is 0.0924. The van der Waals surface area contributed by atoms with E-state index in [1.54, 1.807) is 12.3 Å². The summed E-state index contributed by atoms with van der Waals surface area (Å²) in [6, 6.07) is 5.64. The van der Waals surface area contributed by atoms with Gasteiger partial charge >= 0.3 is 0 Å². The van der Waals surface area contributed by atoms with E-state index < -0.39 is 0 Å². The molecule has 5 nitrogen and oxygen atoms in total. The molecule has 20 heavy (non-hydrogen) atoms. The van der Waals surface area contributed by atoms with Crippen LogP contribution < -0.4 is 10.6 Å². The minimum atomic E-state index is -0.200. The molecule has 0 aliphatic heterocycles. The van der Waals surface area contributed by atoms with Crippen molar-refractivity contribution in [1.82, 2.24) is 15.6 Å². The van der Waals surface area contributed by atoms with Crippen LogP contribution >= 0.6 is 15.9 Å². The molecular weight excluding hydrogens is 322 g/mol. The molecule has 0 spiro atoms. The first-order valence-electron chi connectivity index (χ1n) is 6.38. The smallest absolute Gasteiger partial charge is 0.288 e. The largest absolute Gasteiger partial charge is 0.458 e. The highest BCUT2D eigenvalue weighted by Gasteiger charge is 2.12. The molecule has 0 unspecified atom stereocenters. The van der Waals surface area contributed by atoms with E-state index in [1.165, 1.54) is 6.26 Å². The molecule has 0 aliphatic rings. The Balaban J connectivity index is 1.58. The van der Waals surface area contributed by atoms with Crippen molar-refractivity contribution in [2.24, 2.45) is 0 Å². The van der Waals surface area contributed by atoms with Gasteiger partial charge in [0.1, 0.15) is 0 Å². The predicted octanol–water partition coefficient (Wildman–Crippen LogP) is 2.35. The number of amides is 1. The lowest BCUT2D eigenvalue weighted by Gasteiger charge is -2.05. The van der Waals surface area contributed by atoms with Crippen LogP contribution in [0.2, 0.25) is 0 Å². The van der Waals surface area contributed by atoms with Crippen molar-refractivity contribution in [3.63, 3.8) is 0 Å². The van der Waals surface area contributed by atoms with E-state index >= 15 is 0 Å². The van der Waals surface area contributed by atoms with Crippen molar-refractivity contribution in [2.75, 3.05) is 13.1 Å². The molecule has 0 saturated heterocycles. The van der Waals surface area contributed by atoms with Crippen LogP contribution in [-0.2, 0) is 6.54 Å². The lowest BCUT2D eigenvalue weighted by atomic mass is 10.3. The molecule has 106 valence electrons. The molecule has 0 saturated carbocycles. The van der Waals surface area contributed by atoms with Crippen LogP contribution in [0.5, 0.6) is 0 Å². The minimum Gasteiger partial charge on any atom is -0.458 e. The highest BCUT2D eigenvalue weighted by atomic mass is 79.9. The van der Waals surface area contributed by atoms with Crippen LogP contribution in [0.1, 0.15) is 22.5 Å². The summed E-state index contributed by atoms with van der Waals surface area (Å²) in [7, 11) is 0. The summed E-state index contributed by atoms with van der Waals surface area (Å²) in [6.07, 6.45) is 5.92. The molecule has 0 radical (unpaired) electrons. The second-order valence-corrected chi connectivity index (χ2v) is 5.10. The first-order valence-corrected chi connectivity index (χ1v) is 7.17. The number of aromatic nitrogens is 1. The number of carbonyl (C=O) groups excluding carboxylic acids is 1. The van der Waals surface area contributed by atoms with E-state index in [0.29, 0.717) is 16.8 Å². The number of rotatable bonds is 7. The predicted molar refractivity (Wildman–Crippen MR) is 79.3 cm³/mol. The zero-order valence-electron chi connectivity index (χ0n) is 10.9. The van der Waals surface area contributed by atoms with Gasteiger partial charge in [0.25, 0.3) is 5.91 Å². The maximum atomic E-state index is 11.7. The summed E-state index contributed by atoms with van der Waals surface area (Å²) in [5.74, 6) is 0.113. The molecule has 2 rings (SSSR count). The number of nitrogens with one attached hydrogen (secondary N) is 2. The summed E-state index contributed by atoms with van der Waals surface area (Å²) in [5, 5.41) is 6.11. The standard InChI is InChI=1S/C14H16BrN3O2/c15-12-4-8-20-13(12)14(19)18-7-2-6-17-10-11-3-1-5-16-9-11/h1,3-5,8-9,17H,2,6-7,10H2,(H,18,19). The molecule has 2 aromatic heterocycles. The third kappa shape index (κ3) is 4.47. The summed E-state index contributed by atoms with van der Waals surface area (Å²) < 4.78 is 5.75. The number of carbonyl (C=O) groups is 1. The minimum absolute atomic E-state index is 0.200. The zero-order chi connectivity index (χ0) is 14.2. The normalized spacial score (nSPS) is 10.4. The van der Waals surface area contributed by atoms with Gasteiger partial charge in [0.2, 0.25) is 5.76 Å². The van der Waals surface area contributed by atoms with Gasteiger partial charge in [-0.15, -0.1) is 0 Å².